The zero-order chi connectivity index (χ0) is 13.4. The van der Waals surface area contributed by atoms with Crippen molar-refractivity contribution >= 4 is 27.7 Å². The first-order valence-corrected chi connectivity index (χ1v) is 6.27. The van der Waals surface area contributed by atoms with Gasteiger partial charge in [0, 0.05) is 24.5 Å². The Bertz CT molecular complexity index is 406. The Labute approximate surface area is 114 Å². The third kappa shape index (κ3) is 6.24. The highest BCUT2D eigenvalue weighted by Gasteiger charge is 2.02. The molecule has 2 amide bonds. The normalized spacial score (nSPS) is 9.67. The van der Waals surface area contributed by atoms with E-state index in [0.717, 1.165) is 4.47 Å². The van der Waals surface area contributed by atoms with Crippen molar-refractivity contribution in [3.05, 3.63) is 28.7 Å². The highest BCUT2D eigenvalue weighted by Crippen LogP contribution is 2.15. The largest absolute Gasteiger partial charge is 0.484 e. The molecule has 2 N–H and O–H groups in total. The van der Waals surface area contributed by atoms with Gasteiger partial charge in [-0.25, -0.2) is 0 Å². The van der Waals surface area contributed by atoms with Crippen molar-refractivity contribution in [1.29, 1.82) is 0 Å². The predicted molar refractivity (Wildman–Crippen MR) is 71.3 cm³/mol. The van der Waals surface area contributed by atoms with E-state index in [1.807, 2.05) is 12.1 Å². The van der Waals surface area contributed by atoms with Gasteiger partial charge >= 0.3 is 0 Å². The van der Waals surface area contributed by atoms with Gasteiger partial charge in [-0.05, 0) is 24.3 Å². The monoisotopic (exact) mass is 314 g/mol. The summed E-state index contributed by atoms with van der Waals surface area (Å²) in [4.78, 5) is 21.9. The maximum atomic E-state index is 11.4. The van der Waals surface area contributed by atoms with Gasteiger partial charge in [0.1, 0.15) is 5.75 Å². The van der Waals surface area contributed by atoms with Crippen LogP contribution >= 0.6 is 15.9 Å². The Balaban J connectivity index is 2.17. The van der Waals surface area contributed by atoms with Crippen LogP contribution in [0.1, 0.15) is 6.92 Å². The molecule has 5 nitrogen and oxygen atoms in total. The second-order valence-corrected chi connectivity index (χ2v) is 4.49. The number of rotatable bonds is 6. The molecule has 0 fully saturated rings. The molecule has 0 radical (unpaired) electrons. The SMILES string of the molecule is CC(=O)NCCNC(=O)COc1ccc(Br)cc1. The lowest BCUT2D eigenvalue weighted by Crippen LogP contribution is -2.36. The van der Waals surface area contributed by atoms with Crippen molar-refractivity contribution in [1.82, 2.24) is 10.6 Å². The smallest absolute Gasteiger partial charge is 0.258 e. The van der Waals surface area contributed by atoms with Crippen LogP contribution in [0.25, 0.3) is 0 Å². The van der Waals surface area contributed by atoms with E-state index in [1.165, 1.54) is 6.92 Å². The molecule has 0 atom stereocenters. The average Bonchev–Trinajstić information content (AvgIpc) is 2.34. The molecule has 0 aromatic heterocycles. The van der Waals surface area contributed by atoms with Gasteiger partial charge < -0.3 is 15.4 Å². The van der Waals surface area contributed by atoms with Crippen molar-refractivity contribution in [2.24, 2.45) is 0 Å². The van der Waals surface area contributed by atoms with Gasteiger partial charge in [0.15, 0.2) is 6.61 Å². The molecule has 1 rings (SSSR count). The van der Waals surface area contributed by atoms with Crippen LogP contribution < -0.4 is 15.4 Å². The second-order valence-electron chi connectivity index (χ2n) is 3.58. The Morgan fingerprint density at radius 1 is 1.17 bits per heavy atom. The van der Waals surface area contributed by atoms with Crippen molar-refractivity contribution in [2.75, 3.05) is 19.7 Å². The molecule has 0 bridgehead atoms. The molecule has 18 heavy (non-hydrogen) atoms. The lowest BCUT2D eigenvalue weighted by Gasteiger charge is -2.07. The van der Waals surface area contributed by atoms with Gasteiger partial charge in [0.25, 0.3) is 5.91 Å². The molecule has 0 aliphatic carbocycles. The lowest BCUT2D eigenvalue weighted by molar-refractivity contribution is -0.123. The standard InChI is InChI=1S/C12H15BrN2O3/c1-9(16)14-6-7-15-12(17)8-18-11-4-2-10(13)3-5-11/h2-5H,6-8H2,1H3,(H,14,16)(H,15,17). The molecule has 0 saturated carbocycles. The Hall–Kier alpha value is -1.56. The predicted octanol–water partition coefficient (Wildman–Crippen LogP) is 1.08. The van der Waals surface area contributed by atoms with Crippen LogP contribution in [0, 0.1) is 0 Å². The molecule has 0 saturated heterocycles. The topological polar surface area (TPSA) is 67.4 Å². The zero-order valence-electron chi connectivity index (χ0n) is 10.0. The fraction of sp³-hybridized carbons (Fsp3) is 0.333. The third-order valence-corrected chi connectivity index (χ3v) is 2.53. The first-order valence-electron chi connectivity index (χ1n) is 5.47. The second kappa shape index (κ2) is 7.71. The summed E-state index contributed by atoms with van der Waals surface area (Å²) in [6, 6.07) is 7.22. The molecular weight excluding hydrogens is 300 g/mol. The van der Waals surface area contributed by atoms with Gasteiger partial charge in [0.2, 0.25) is 5.91 Å². The third-order valence-electron chi connectivity index (χ3n) is 2.00. The van der Waals surface area contributed by atoms with Gasteiger partial charge in [-0.1, -0.05) is 15.9 Å². The fourth-order valence-corrected chi connectivity index (χ4v) is 1.44. The molecule has 0 spiro atoms. The van der Waals surface area contributed by atoms with E-state index in [0.29, 0.717) is 18.8 Å². The maximum absolute atomic E-state index is 11.4. The number of nitrogens with one attached hydrogen (secondary N) is 2. The summed E-state index contributed by atoms with van der Waals surface area (Å²) in [5.74, 6) is 0.300. The van der Waals surface area contributed by atoms with E-state index in [2.05, 4.69) is 26.6 Å². The molecule has 98 valence electrons. The highest BCUT2D eigenvalue weighted by molar-refractivity contribution is 9.10. The number of carbonyl (C=O) groups excluding carboxylic acids is 2. The zero-order valence-corrected chi connectivity index (χ0v) is 11.6. The molecule has 6 heteroatoms. The van der Waals surface area contributed by atoms with Crippen LogP contribution in [0.3, 0.4) is 0 Å². The van der Waals surface area contributed by atoms with Gasteiger partial charge in [-0.2, -0.15) is 0 Å². The number of ether oxygens (including phenoxy) is 1. The van der Waals surface area contributed by atoms with E-state index in [4.69, 9.17) is 4.74 Å². The molecule has 1 aromatic rings. The number of benzene rings is 1. The molecule has 0 heterocycles. The summed E-state index contributed by atoms with van der Waals surface area (Å²) in [6.45, 7) is 2.20. The van der Waals surface area contributed by atoms with Crippen molar-refractivity contribution < 1.29 is 14.3 Å². The highest BCUT2D eigenvalue weighted by atomic mass is 79.9. The molecule has 0 aliphatic heterocycles. The Morgan fingerprint density at radius 2 is 1.78 bits per heavy atom. The summed E-state index contributed by atoms with van der Waals surface area (Å²) in [7, 11) is 0. The quantitative estimate of drug-likeness (QED) is 0.772. The molecular formula is C12H15BrN2O3. The van der Waals surface area contributed by atoms with E-state index in [-0.39, 0.29) is 18.4 Å². The minimum atomic E-state index is -0.219. The number of amides is 2. The first-order chi connectivity index (χ1) is 8.58. The summed E-state index contributed by atoms with van der Waals surface area (Å²) >= 11 is 3.31. The minimum absolute atomic E-state index is 0.0400. The van der Waals surface area contributed by atoms with Gasteiger partial charge in [-0.15, -0.1) is 0 Å². The number of carbonyl (C=O) groups is 2. The van der Waals surface area contributed by atoms with Gasteiger partial charge in [0.05, 0.1) is 0 Å². The maximum Gasteiger partial charge on any atom is 0.258 e. The van der Waals surface area contributed by atoms with Crippen LogP contribution in [0.2, 0.25) is 0 Å². The number of halogens is 1. The van der Waals surface area contributed by atoms with E-state index in [9.17, 15) is 9.59 Å². The summed E-state index contributed by atoms with van der Waals surface area (Å²) in [6.07, 6.45) is 0. The van der Waals surface area contributed by atoms with E-state index >= 15 is 0 Å². The Morgan fingerprint density at radius 3 is 2.39 bits per heavy atom. The first kappa shape index (κ1) is 14.5. The molecule has 0 unspecified atom stereocenters. The molecule has 0 aliphatic rings. The van der Waals surface area contributed by atoms with Crippen molar-refractivity contribution in [2.45, 2.75) is 6.92 Å². The minimum Gasteiger partial charge on any atom is -0.484 e. The lowest BCUT2D eigenvalue weighted by atomic mass is 10.3. The summed E-state index contributed by atoms with van der Waals surface area (Å²) in [5.41, 5.74) is 0. The number of hydrogen-bond acceptors (Lipinski definition) is 3. The van der Waals surface area contributed by atoms with Gasteiger partial charge in [-0.3, -0.25) is 9.59 Å². The molecule has 1 aromatic carbocycles. The van der Waals surface area contributed by atoms with Crippen LogP contribution in [-0.2, 0) is 9.59 Å². The van der Waals surface area contributed by atoms with Crippen LogP contribution in [0.4, 0.5) is 0 Å². The van der Waals surface area contributed by atoms with Crippen molar-refractivity contribution in [3.63, 3.8) is 0 Å². The average molecular weight is 315 g/mol. The van der Waals surface area contributed by atoms with E-state index in [1.54, 1.807) is 12.1 Å². The van der Waals surface area contributed by atoms with Crippen LogP contribution in [-0.4, -0.2) is 31.5 Å². The Kier molecular flexibility index (Phi) is 6.21. The summed E-state index contributed by atoms with van der Waals surface area (Å²) < 4.78 is 6.23. The van der Waals surface area contributed by atoms with E-state index < -0.39 is 0 Å². The summed E-state index contributed by atoms with van der Waals surface area (Å²) in [5, 5.41) is 5.21. The van der Waals surface area contributed by atoms with Crippen molar-refractivity contribution in [3.8, 4) is 5.75 Å². The van der Waals surface area contributed by atoms with Crippen LogP contribution in [0.5, 0.6) is 5.75 Å². The number of hydrogen-bond donors (Lipinski definition) is 2. The fourth-order valence-electron chi connectivity index (χ4n) is 1.17. The van der Waals surface area contributed by atoms with Crippen LogP contribution in [0.15, 0.2) is 28.7 Å².